The van der Waals surface area contributed by atoms with Crippen LogP contribution in [0, 0.1) is 0 Å². The lowest BCUT2D eigenvalue weighted by molar-refractivity contribution is 0.444. The molecule has 0 unspecified atom stereocenters. The van der Waals surface area contributed by atoms with E-state index in [4.69, 9.17) is 0 Å². The Balaban J connectivity index is 1.06. The predicted molar refractivity (Wildman–Crippen MR) is 238 cm³/mol. The summed E-state index contributed by atoms with van der Waals surface area (Å²) < 4.78 is 2.39. The average molecular weight is 721 g/mol. The first-order valence-electron chi connectivity index (χ1n) is 20.1. The molecule has 0 aliphatic heterocycles. The average Bonchev–Trinajstić information content (AvgIpc) is 3.63. The topological polar surface area (TPSA) is 8.17 Å². The van der Waals surface area contributed by atoms with Crippen LogP contribution in [0.4, 0.5) is 17.1 Å². The minimum atomic E-state index is 0.632. The van der Waals surface area contributed by atoms with E-state index >= 15 is 0 Å². The molecule has 9 aromatic rings. The summed E-state index contributed by atoms with van der Waals surface area (Å²) in [5.74, 6) is 0.632. The smallest absolute Gasteiger partial charge is 0.0547 e. The van der Waals surface area contributed by atoms with Crippen molar-refractivity contribution in [2.24, 2.45) is 0 Å². The molecule has 2 heteroatoms. The molecule has 0 radical (unpaired) electrons. The first-order valence-corrected chi connectivity index (χ1v) is 20.1. The second-order valence-electron chi connectivity index (χ2n) is 15.2. The lowest BCUT2D eigenvalue weighted by Crippen LogP contribution is -2.09. The maximum Gasteiger partial charge on any atom is 0.0547 e. The maximum absolute atomic E-state index is 2.46. The highest BCUT2D eigenvalue weighted by molar-refractivity contribution is 6.15. The van der Waals surface area contributed by atoms with Gasteiger partial charge in [0.05, 0.1) is 11.0 Å². The fourth-order valence-corrected chi connectivity index (χ4v) is 9.04. The van der Waals surface area contributed by atoms with Gasteiger partial charge in [0.2, 0.25) is 0 Å². The molecule has 1 aliphatic carbocycles. The van der Waals surface area contributed by atoms with Crippen molar-refractivity contribution < 1.29 is 0 Å². The Kier molecular flexibility index (Phi) is 9.01. The normalized spacial score (nSPS) is 13.3. The van der Waals surface area contributed by atoms with Crippen LogP contribution in [0.1, 0.15) is 43.6 Å². The number of hydrogen-bond donors (Lipinski definition) is 0. The van der Waals surface area contributed by atoms with Gasteiger partial charge in [-0.1, -0.05) is 153 Å². The molecule has 1 saturated carbocycles. The largest absolute Gasteiger partial charge is 0.310 e. The zero-order valence-electron chi connectivity index (χ0n) is 31.6. The Morgan fingerprint density at radius 2 is 0.964 bits per heavy atom. The molecule has 1 aromatic heterocycles. The summed E-state index contributed by atoms with van der Waals surface area (Å²) >= 11 is 0. The first kappa shape index (κ1) is 33.9. The maximum atomic E-state index is 2.46. The van der Waals surface area contributed by atoms with Crippen LogP contribution in [0.15, 0.2) is 200 Å². The molecule has 56 heavy (non-hydrogen) atoms. The van der Waals surface area contributed by atoms with Gasteiger partial charge in [-0.15, -0.1) is 0 Å². The Morgan fingerprint density at radius 1 is 0.393 bits per heavy atom. The van der Waals surface area contributed by atoms with Crippen molar-refractivity contribution in [1.29, 1.82) is 0 Å². The van der Waals surface area contributed by atoms with Gasteiger partial charge in [0.25, 0.3) is 0 Å². The van der Waals surface area contributed by atoms with Crippen LogP contribution < -0.4 is 4.90 Å². The second kappa shape index (κ2) is 14.9. The van der Waals surface area contributed by atoms with Crippen molar-refractivity contribution in [1.82, 2.24) is 4.57 Å². The van der Waals surface area contributed by atoms with Crippen LogP contribution in [0.2, 0.25) is 0 Å². The molecule has 0 atom stereocenters. The fraction of sp³-hybridized carbons (Fsp3) is 0.111. The summed E-state index contributed by atoms with van der Waals surface area (Å²) in [5.41, 5.74) is 16.0. The number of nitrogens with zero attached hydrogens (tertiary/aromatic N) is 2. The van der Waals surface area contributed by atoms with Crippen molar-refractivity contribution in [3.63, 3.8) is 0 Å². The lowest BCUT2D eigenvalue weighted by atomic mass is 9.82. The van der Waals surface area contributed by atoms with Gasteiger partial charge < -0.3 is 9.47 Å². The predicted octanol–water partition coefficient (Wildman–Crippen LogP) is 15.3. The molecule has 1 heterocycles. The van der Waals surface area contributed by atoms with E-state index in [2.05, 4.69) is 210 Å². The van der Waals surface area contributed by atoms with Gasteiger partial charge >= 0.3 is 0 Å². The molecular weight excluding hydrogens is 677 g/mol. The SMILES string of the molecule is c1ccc(-c2cc(-c3ccc(N(c4ccccc4)c4cccc(-c5cccc6c5c5ccccc5n6-c5ccccc5)c4)cc3)cc(C3CCCCC3)c2)cc1. The van der Waals surface area contributed by atoms with Gasteiger partial charge in [0.15, 0.2) is 0 Å². The Bertz CT molecular complexity index is 2760. The second-order valence-corrected chi connectivity index (χ2v) is 15.2. The third kappa shape index (κ3) is 6.37. The molecule has 8 aromatic carbocycles. The Labute approximate surface area is 330 Å². The summed E-state index contributed by atoms with van der Waals surface area (Å²) in [7, 11) is 0. The van der Waals surface area contributed by atoms with E-state index < -0.39 is 0 Å². The molecular formula is C54H44N2. The highest BCUT2D eigenvalue weighted by Gasteiger charge is 2.20. The van der Waals surface area contributed by atoms with Crippen LogP contribution in [0.5, 0.6) is 0 Å². The molecule has 2 nitrogen and oxygen atoms in total. The minimum absolute atomic E-state index is 0.632. The van der Waals surface area contributed by atoms with Crippen LogP contribution >= 0.6 is 0 Å². The molecule has 0 N–H and O–H groups in total. The summed E-state index contributed by atoms with van der Waals surface area (Å²) in [4.78, 5) is 2.38. The van der Waals surface area contributed by atoms with E-state index in [-0.39, 0.29) is 0 Å². The number of para-hydroxylation sites is 3. The van der Waals surface area contributed by atoms with E-state index in [9.17, 15) is 0 Å². The van der Waals surface area contributed by atoms with E-state index in [0.29, 0.717) is 5.92 Å². The highest BCUT2D eigenvalue weighted by Crippen LogP contribution is 2.43. The summed E-state index contributed by atoms with van der Waals surface area (Å²) in [6.07, 6.45) is 6.58. The van der Waals surface area contributed by atoms with Gasteiger partial charge in [-0.05, 0) is 124 Å². The van der Waals surface area contributed by atoms with Crippen LogP contribution in [-0.4, -0.2) is 4.57 Å². The fourth-order valence-electron chi connectivity index (χ4n) is 9.04. The molecule has 0 spiro atoms. The van der Waals surface area contributed by atoms with Crippen LogP contribution in [0.3, 0.4) is 0 Å². The summed E-state index contributed by atoms with van der Waals surface area (Å²) in [5, 5.41) is 2.52. The number of hydrogen-bond acceptors (Lipinski definition) is 1. The third-order valence-corrected chi connectivity index (χ3v) is 11.7. The summed E-state index contributed by atoms with van der Waals surface area (Å²) in [6.45, 7) is 0. The van der Waals surface area contributed by atoms with Gasteiger partial charge in [-0.3, -0.25) is 0 Å². The first-order chi connectivity index (χ1) is 27.8. The van der Waals surface area contributed by atoms with Gasteiger partial charge in [0.1, 0.15) is 0 Å². The van der Waals surface area contributed by atoms with E-state index in [1.165, 1.54) is 98.5 Å². The summed E-state index contributed by atoms with van der Waals surface area (Å²) in [6, 6.07) is 73.4. The minimum Gasteiger partial charge on any atom is -0.310 e. The zero-order valence-corrected chi connectivity index (χ0v) is 31.6. The lowest BCUT2D eigenvalue weighted by Gasteiger charge is -2.26. The Hall–Kier alpha value is -6.64. The Morgan fingerprint density at radius 3 is 1.71 bits per heavy atom. The number of rotatable bonds is 8. The number of fused-ring (bicyclic) bond motifs is 3. The third-order valence-electron chi connectivity index (χ3n) is 11.7. The molecule has 1 fully saturated rings. The standard InChI is InChI=1S/C54H44N2/c1-5-17-39(18-6-1)43-35-44(40-19-7-2-8-20-40)37-45(36-43)41-31-33-48(34-32-41)55(46-22-9-3-10-23-46)49-26-15-21-42(38-49)50-28-16-30-53-54(50)51-27-13-14-29-52(51)56(53)47-24-11-4-12-25-47/h1,3-6,9-18,21-38,40H,2,7-8,19-20H2. The van der Waals surface area contributed by atoms with Gasteiger partial charge in [0, 0.05) is 33.5 Å². The van der Waals surface area contributed by atoms with Gasteiger partial charge in [-0.25, -0.2) is 0 Å². The number of aromatic nitrogens is 1. The van der Waals surface area contributed by atoms with Crippen molar-refractivity contribution in [2.75, 3.05) is 4.90 Å². The monoisotopic (exact) mass is 720 g/mol. The van der Waals surface area contributed by atoms with E-state index in [1.807, 2.05) is 0 Å². The molecule has 0 amide bonds. The molecule has 0 bridgehead atoms. The zero-order chi connectivity index (χ0) is 37.3. The van der Waals surface area contributed by atoms with Crippen molar-refractivity contribution in [2.45, 2.75) is 38.0 Å². The number of anilines is 3. The number of benzene rings is 8. The molecule has 10 rings (SSSR count). The highest BCUT2D eigenvalue weighted by atomic mass is 15.1. The van der Waals surface area contributed by atoms with Crippen molar-refractivity contribution in [3.8, 4) is 39.1 Å². The molecule has 270 valence electrons. The van der Waals surface area contributed by atoms with E-state index in [0.717, 1.165) is 17.1 Å². The molecule has 0 saturated heterocycles. The quantitative estimate of drug-likeness (QED) is 0.152. The van der Waals surface area contributed by atoms with Crippen molar-refractivity contribution >= 4 is 38.9 Å². The van der Waals surface area contributed by atoms with Crippen LogP contribution in [-0.2, 0) is 0 Å². The molecule has 1 aliphatic rings. The van der Waals surface area contributed by atoms with Gasteiger partial charge in [-0.2, -0.15) is 0 Å². The van der Waals surface area contributed by atoms with E-state index in [1.54, 1.807) is 0 Å². The van der Waals surface area contributed by atoms with Crippen molar-refractivity contribution in [3.05, 3.63) is 206 Å². The van der Waals surface area contributed by atoms with Crippen LogP contribution in [0.25, 0.3) is 60.9 Å².